The second-order valence-electron chi connectivity index (χ2n) is 5.93. The number of anilines is 2. The molecule has 1 aliphatic heterocycles. The number of carbonyl (C=O) groups excluding carboxylic acids is 3. The molecule has 1 heterocycles. The summed E-state index contributed by atoms with van der Waals surface area (Å²) in [6.45, 7) is 0. The van der Waals surface area contributed by atoms with Gasteiger partial charge in [-0.15, -0.1) is 0 Å². The van der Waals surface area contributed by atoms with Crippen LogP contribution in [0.2, 0.25) is 0 Å². The van der Waals surface area contributed by atoms with Crippen LogP contribution in [0.5, 0.6) is 5.75 Å². The van der Waals surface area contributed by atoms with Crippen molar-refractivity contribution in [1.82, 2.24) is 5.32 Å². The first-order chi connectivity index (χ1) is 13.1. The molecule has 1 unspecified atom stereocenters. The first-order valence-electron chi connectivity index (χ1n) is 8.38. The summed E-state index contributed by atoms with van der Waals surface area (Å²) in [5.74, 6) is -0.770. The summed E-state index contributed by atoms with van der Waals surface area (Å²) in [6.07, 6.45) is 2.60. The molecule has 1 atom stereocenters. The summed E-state index contributed by atoms with van der Waals surface area (Å²) < 4.78 is 5.15. The van der Waals surface area contributed by atoms with Crippen molar-refractivity contribution < 1.29 is 19.1 Å². The Hall–Kier alpha value is -3.61. The lowest BCUT2D eigenvalue weighted by Gasteiger charge is -2.24. The highest BCUT2D eigenvalue weighted by atomic mass is 16.5. The Bertz CT molecular complexity index is 908. The third kappa shape index (κ3) is 4.52. The second-order valence-corrected chi connectivity index (χ2v) is 5.93. The zero-order valence-corrected chi connectivity index (χ0v) is 14.7. The van der Waals surface area contributed by atoms with Gasteiger partial charge in [0.2, 0.25) is 17.7 Å². The molecule has 0 saturated carbocycles. The maximum absolute atomic E-state index is 12.1. The molecular formula is C20H19N3O4. The minimum absolute atomic E-state index is 0.283. The van der Waals surface area contributed by atoms with Gasteiger partial charge < -0.3 is 20.7 Å². The zero-order valence-electron chi connectivity index (χ0n) is 14.7. The number of hydrogen-bond acceptors (Lipinski definition) is 4. The Kier molecular flexibility index (Phi) is 5.51. The van der Waals surface area contributed by atoms with Gasteiger partial charge in [-0.05, 0) is 23.8 Å². The van der Waals surface area contributed by atoms with E-state index in [0.717, 1.165) is 23.4 Å². The number of methoxy groups -OCH3 is 1. The van der Waals surface area contributed by atoms with Gasteiger partial charge in [-0.1, -0.05) is 30.3 Å². The molecule has 0 aromatic heterocycles. The molecule has 0 spiro atoms. The van der Waals surface area contributed by atoms with Gasteiger partial charge in [-0.2, -0.15) is 0 Å². The average molecular weight is 365 g/mol. The van der Waals surface area contributed by atoms with E-state index in [1.54, 1.807) is 24.3 Å². The highest BCUT2D eigenvalue weighted by Gasteiger charge is 2.26. The maximum atomic E-state index is 12.1. The van der Waals surface area contributed by atoms with Gasteiger partial charge in [0.05, 0.1) is 12.8 Å². The molecule has 138 valence electrons. The first-order valence-corrected chi connectivity index (χ1v) is 8.38. The molecule has 0 fully saturated rings. The van der Waals surface area contributed by atoms with Crippen molar-refractivity contribution in [3.63, 3.8) is 0 Å². The molecule has 2 aromatic rings. The predicted octanol–water partition coefficient (Wildman–Crippen LogP) is 1.87. The van der Waals surface area contributed by atoms with Crippen LogP contribution in [0.4, 0.5) is 11.4 Å². The minimum Gasteiger partial charge on any atom is -0.495 e. The van der Waals surface area contributed by atoms with Crippen molar-refractivity contribution in [1.29, 1.82) is 0 Å². The van der Waals surface area contributed by atoms with Gasteiger partial charge in [-0.25, -0.2) is 0 Å². The molecule has 0 saturated heterocycles. The maximum Gasteiger partial charge on any atom is 0.248 e. The fraction of sp³-hybridized carbons (Fsp3) is 0.150. The Morgan fingerprint density at radius 1 is 1.07 bits per heavy atom. The lowest BCUT2D eigenvalue weighted by molar-refractivity contribution is -0.124. The van der Waals surface area contributed by atoms with E-state index in [0.29, 0.717) is 17.9 Å². The quantitative estimate of drug-likeness (QED) is 0.705. The van der Waals surface area contributed by atoms with Crippen LogP contribution in [-0.4, -0.2) is 30.9 Å². The highest BCUT2D eigenvalue weighted by molar-refractivity contribution is 6.05. The van der Waals surface area contributed by atoms with Crippen molar-refractivity contribution in [2.24, 2.45) is 0 Å². The first kappa shape index (κ1) is 18.2. The van der Waals surface area contributed by atoms with E-state index in [-0.39, 0.29) is 5.91 Å². The largest absolute Gasteiger partial charge is 0.495 e. The van der Waals surface area contributed by atoms with Gasteiger partial charge >= 0.3 is 0 Å². The third-order valence-corrected chi connectivity index (χ3v) is 4.08. The van der Waals surface area contributed by atoms with Crippen molar-refractivity contribution in [3.05, 3.63) is 66.2 Å². The Morgan fingerprint density at radius 3 is 2.59 bits per heavy atom. The van der Waals surface area contributed by atoms with E-state index in [1.165, 1.54) is 7.11 Å². The van der Waals surface area contributed by atoms with E-state index in [2.05, 4.69) is 16.0 Å². The van der Waals surface area contributed by atoms with Crippen molar-refractivity contribution in [2.45, 2.75) is 12.5 Å². The van der Waals surface area contributed by atoms with E-state index in [4.69, 9.17) is 4.74 Å². The van der Waals surface area contributed by atoms with Crippen LogP contribution in [-0.2, 0) is 20.8 Å². The molecule has 3 amide bonds. The van der Waals surface area contributed by atoms with Crippen molar-refractivity contribution in [3.8, 4) is 5.75 Å². The molecule has 2 aromatic carbocycles. The molecule has 0 bridgehead atoms. The highest BCUT2D eigenvalue weighted by Crippen LogP contribution is 2.23. The molecular weight excluding hydrogens is 346 g/mol. The summed E-state index contributed by atoms with van der Waals surface area (Å²) in [5.41, 5.74) is 2.19. The van der Waals surface area contributed by atoms with E-state index in [1.807, 2.05) is 24.3 Å². The smallest absolute Gasteiger partial charge is 0.248 e. The minimum atomic E-state index is -0.686. The molecule has 3 N–H and O–H groups in total. The van der Waals surface area contributed by atoms with Crippen molar-refractivity contribution >= 4 is 29.1 Å². The van der Waals surface area contributed by atoms with Gasteiger partial charge in [0.1, 0.15) is 11.8 Å². The average Bonchev–Trinajstić information content (AvgIpc) is 2.67. The number of rotatable bonds is 5. The van der Waals surface area contributed by atoms with Crippen LogP contribution in [0.1, 0.15) is 5.56 Å². The molecule has 3 rings (SSSR count). The molecule has 0 radical (unpaired) electrons. The second kappa shape index (κ2) is 8.18. The van der Waals surface area contributed by atoms with E-state index >= 15 is 0 Å². The fourth-order valence-corrected chi connectivity index (χ4v) is 2.76. The van der Waals surface area contributed by atoms with Crippen LogP contribution in [0, 0.1) is 0 Å². The van der Waals surface area contributed by atoms with Crippen LogP contribution >= 0.6 is 0 Å². The standard InChI is InChI=1S/C20H19N3O4/c1-27-17-9-5-4-8-15(17)21-18(24)10-11-19(25)22-16-12-13-6-2-3-7-14(13)23-20(16)26/h2-11,16H,12H2,1H3,(H,21,24)(H,22,25)(H,23,26)/b11-10+. The number of amides is 3. The topological polar surface area (TPSA) is 96.5 Å². The van der Waals surface area contributed by atoms with Crippen LogP contribution < -0.4 is 20.7 Å². The summed E-state index contributed by atoms with van der Waals surface area (Å²) in [4.78, 5) is 36.2. The number of para-hydroxylation sites is 3. The summed E-state index contributed by atoms with van der Waals surface area (Å²) >= 11 is 0. The van der Waals surface area contributed by atoms with E-state index in [9.17, 15) is 14.4 Å². The molecule has 27 heavy (non-hydrogen) atoms. The van der Waals surface area contributed by atoms with Gasteiger partial charge in [0, 0.05) is 24.3 Å². The lowest BCUT2D eigenvalue weighted by atomic mass is 9.99. The normalized spacial score (nSPS) is 15.6. The number of benzene rings is 2. The number of ether oxygens (including phenoxy) is 1. The zero-order chi connectivity index (χ0) is 19.2. The molecule has 7 nitrogen and oxygen atoms in total. The molecule has 7 heteroatoms. The Labute approximate surface area is 156 Å². The van der Waals surface area contributed by atoms with Gasteiger partial charge in [0.15, 0.2) is 0 Å². The number of fused-ring (bicyclic) bond motifs is 1. The molecule has 1 aliphatic rings. The number of hydrogen-bond donors (Lipinski definition) is 3. The van der Waals surface area contributed by atoms with Crippen LogP contribution in [0.3, 0.4) is 0 Å². The summed E-state index contributed by atoms with van der Waals surface area (Å²) in [6, 6.07) is 13.7. The Balaban J connectivity index is 1.57. The monoisotopic (exact) mass is 365 g/mol. The van der Waals surface area contributed by atoms with Crippen LogP contribution in [0.25, 0.3) is 0 Å². The van der Waals surface area contributed by atoms with E-state index < -0.39 is 17.9 Å². The Morgan fingerprint density at radius 2 is 1.78 bits per heavy atom. The summed E-state index contributed by atoms with van der Waals surface area (Å²) in [5, 5.41) is 8.00. The lowest BCUT2D eigenvalue weighted by Crippen LogP contribution is -2.47. The molecule has 0 aliphatic carbocycles. The predicted molar refractivity (Wildman–Crippen MR) is 101 cm³/mol. The SMILES string of the molecule is COc1ccccc1NC(=O)/C=C/C(=O)NC1Cc2ccccc2NC1=O. The third-order valence-electron chi connectivity index (χ3n) is 4.08. The summed E-state index contributed by atoms with van der Waals surface area (Å²) in [7, 11) is 1.50. The fourth-order valence-electron chi connectivity index (χ4n) is 2.76. The van der Waals surface area contributed by atoms with Gasteiger partial charge in [0.25, 0.3) is 0 Å². The van der Waals surface area contributed by atoms with Crippen molar-refractivity contribution in [2.75, 3.05) is 17.7 Å². The number of carbonyl (C=O) groups is 3. The van der Waals surface area contributed by atoms with Gasteiger partial charge in [-0.3, -0.25) is 14.4 Å². The van der Waals surface area contributed by atoms with Crippen LogP contribution in [0.15, 0.2) is 60.7 Å². The number of nitrogens with one attached hydrogen (secondary N) is 3.